The van der Waals surface area contributed by atoms with Gasteiger partial charge in [-0.1, -0.05) is 6.07 Å². The lowest BCUT2D eigenvalue weighted by Gasteiger charge is -2.47. The summed E-state index contributed by atoms with van der Waals surface area (Å²) in [5.41, 5.74) is 5.37. The van der Waals surface area contributed by atoms with Crippen LogP contribution in [0.4, 0.5) is 0 Å². The van der Waals surface area contributed by atoms with Gasteiger partial charge in [-0.25, -0.2) is 0 Å². The molecule has 1 N–H and O–H groups in total. The topological polar surface area (TPSA) is 60.7 Å². The van der Waals surface area contributed by atoms with Gasteiger partial charge >= 0.3 is 0 Å². The van der Waals surface area contributed by atoms with Crippen molar-refractivity contribution in [3.05, 3.63) is 34.6 Å². The highest BCUT2D eigenvalue weighted by atomic mass is 16.5. The molecule has 2 fully saturated rings. The minimum Gasteiger partial charge on any atom is -0.464 e. The van der Waals surface area contributed by atoms with Crippen molar-refractivity contribution in [3.63, 3.8) is 0 Å². The molecule has 0 spiro atoms. The van der Waals surface area contributed by atoms with Gasteiger partial charge in [0.2, 0.25) is 5.91 Å². The van der Waals surface area contributed by atoms with Crippen LogP contribution in [0.15, 0.2) is 16.7 Å². The predicted molar refractivity (Wildman–Crippen MR) is 99.3 cm³/mol. The van der Waals surface area contributed by atoms with Gasteiger partial charge in [0.25, 0.3) is 0 Å². The number of amides is 1. The number of nitrogens with one attached hydrogen (secondary N) is 1. The number of methoxy groups -OCH3 is 1. The third-order valence-electron chi connectivity index (χ3n) is 6.19. The van der Waals surface area contributed by atoms with Crippen molar-refractivity contribution < 1.29 is 18.7 Å². The smallest absolute Gasteiger partial charge is 0.224 e. The Morgan fingerprint density at radius 1 is 1.31 bits per heavy atom. The average molecular weight is 357 g/mol. The number of benzene rings is 1. The summed E-state index contributed by atoms with van der Waals surface area (Å²) in [6.45, 7) is 7.63. The molecule has 140 valence electrons. The molecule has 5 heteroatoms. The second kappa shape index (κ2) is 6.71. The number of rotatable bonds is 5. The fraction of sp³-hybridized carbons (Fsp3) is 0.571. The first-order valence-corrected chi connectivity index (χ1v) is 9.38. The summed E-state index contributed by atoms with van der Waals surface area (Å²) in [5.74, 6) is 0.720. The number of furan rings is 1. The number of hydrogen-bond acceptors (Lipinski definition) is 4. The highest BCUT2D eigenvalue weighted by Crippen LogP contribution is 2.43. The molecule has 26 heavy (non-hydrogen) atoms. The fourth-order valence-corrected chi connectivity index (χ4v) is 4.76. The molecule has 1 aliphatic carbocycles. The Balaban J connectivity index is 1.50. The van der Waals surface area contributed by atoms with Crippen LogP contribution in [0.5, 0.6) is 0 Å². The van der Waals surface area contributed by atoms with Crippen LogP contribution in [0.2, 0.25) is 0 Å². The van der Waals surface area contributed by atoms with Crippen LogP contribution in [0, 0.1) is 32.6 Å². The maximum Gasteiger partial charge on any atom is 0.224 e. The van der Waals surface area contributed by atoms with E-state index in [9.17, 15) is 4.79 Å². The zero-order valence-corrected chi connectivity index (χ0v) is 15.9. The third kappa shape index (κ3) is 2.74. The molecule has 1 amide bonds. The van der Waals surface area contributed by atoms with Crippen LogP contribution < -0.4 is 5.32 Å². The maximum absolute atomic E-state index is 12.7. The van der Waals surface area contributed by atoms with Crippen LogP contribution >= 0.6 is 0 Å². The summed E-state index contributed by atoms with van der Waals surface area (Å²) in [4.78, 5) is 12.7. The zero-order valence-electron chi connectivity index (χ0n) is 15.9. The Morgan fingerprint density at radius 2 is 2.12 bits per heavy atom. The molecular weight excluding hydrogens is 330 g/mol. The molecule has 1 saturated heterocycles. The van der Waals surface area contributed by atoms with E-state index >= 15 is 0 Å². The van der Waals surface area contributed by atoms with Crippen molar-refractivity contribution in [2.45, 2.75) is 45.8 Å². The Labute approximate surface area is 154 Å². The number of carbonyl (C=O) groups excluding carboxylic acids is 1. The Morgan fingerprint density at radius 3 is 2.88 bits per heavy atom. The van der Waals surface area contributed by atoms with E-state index in [1.807, 2.05) is 0 Å². The number of fused-ring (bicyclic) bond motifs is 2. The number of hydrogen-bond donors (Lipinski definition) is 1. The van der Waals surface area contributed by atoms with Crippen LogP contribution in [0.25, 0.3) is 11.0 Å². The highest BCUT2D eigenvalue weighted by Gasteiger charge is 2.54. The van der Waals surface area contributed by atoms with E-state index in [0.717, 1.165) is 40.7 Å². The van der Waals surface area contributed by atoms with Crippen molar-refractivity contribution in [1.29, 1.82) is 0 Å². The minimum atomic E-state index is 0.0433. The Hall–Kier alpha value is -1.85. The van der Waals surface area contributed by atoms with Gasteiger partial charge in [-0.2, -0.15) is 0 Å². The molecule has 2 heterocycles. The summed E-state index contributed by atoms with van der Waals surface area (Å²) in [6.07, 6.45) is 3.33. The van der Waals surface area contributed by atoms with E-state index in [-0.39, 0.29) is 24.0 Å². The van der Waals surface area contributed by atoms with Gasteiger partial charge in [0.1, 0.15) is 5.58 Å². The maximum atomic E-state index is 12.7. The van der Waals surface area contributed by atoms with E-state index in [1.54, 1.807) is 13.4 Å². The second-order valence-electron chi connectivity index (χ2n) is 7.78. The van der Waals surface area contributed by atoms with Gasteiger partial charge in [-0.05, 0) is 43.9 Å². The van der Waals surface area contributed by atoms with Crippen molar-refractivity contribution in [1.82, 2.24) is 5.32 Å². The largest absolute Gasteiger partial charge is 0.464 e. The highest BCUT2D eigenvalue weighted by molar-refractivity contribution is 5.92. The van der Waals surface area contributed by atoms with Gasteiger partial charge in [0.15, 0.2) is 0 Å². The number of ether oxygens (including phenoxy) is 2. The second-order valence-corrected chi connectivity index (χ2v) is 7.78. The molecule has 2 aliphatic rings. The third-order valence-corrected chi connectivity index (χ3v) is 6.19. The van der Waals surface area contributed by atoms with Gasteiger partial charge < -0.3 is 19.2 Å². The van der Waals surface area contributed by atoms with Crippen molar-refractivity contribution >= 4 is 16.9 Å². The standard InChI is InChI=1S/C21H27NO4/c1-11-7-12(2)18-14(9-26-20(18)13(11)3)8-17(23)22-19-15-5-6-25-21(15)16(19)10-24-4/h7,9,15-16,19,21H,5-6,8,10H2,1-4H3,(H,22,23)/t15-,16-,19-,21-/m1/s1. The Bertz CT molecular complexity index is 840. The van der Waals surface area contributed by atoms with Crippen molar-refractivity contribution in [2.24, 2.45) is 11.8 Å². The van der Waals surface area contributed by atoms with Crippen LogP contribution in [-0.4, -0.2) is 38.4 Å². The molecule has 4 rings (SSSR count). The lowest BCUT2D eigenvalue weighted by atomic mass is 9.67. The molecule has 0 bridgehead atoms. The predicted octanol–water partition coefficient (Wildman–Crippen LogP) is 3.07. The van der Waals surface area contributed by atoms with E-state index < -0.39 is 0 Å². The fourth-order valence-electron chi connectivity index (χ4n) is 4.76. The molecular formula is C21H27NO4. The summed E-state index contributed by atoms with van der Waals surface area (Å²) < 4.78 is 16.9. The summed E-state index contributed by atoms with van der Waals surface area (Å²) in [7, 11) is 1.70. The molecule has 1 aromatic heterocycles. The Kier molecular flexibility index (Phi) is 4.53. The van der Waals surface area contributed by atoms with Crippen molar-refractivity contribution in [3.8, 4) is 0 Å². The van der Waals surface area contributed by atoms with Gasteiger partial charge in [-0.3, -0.25) is 4.79 Å². The molecule has 5 nitrogen and oxygen atoms in total. The molecule has 1 aliphatic heterocycles. The molecule has 1 aromatic carbocycles. The SMILES string of the molecule is COC[C@@H]1[C@H](NC(=O)Cc2coc3c(C)c(C)cc(C)c23)[C@H]2CCO[C@H]21. The average Bonchev–Trinajstić information content (AvgIpc) is 3.21. The van der Waals surface area contributed by atoms with E-state index in [0.29, 0.717) is 18.9 Å². The normalized spacial score (nSPS) is 27.4. The quantitative estimate of drug-likeness (QED) is 0.893. The first-order valence-electron chi connectivity index (χ1n) is 9.38. The van der Waals surface area contributed by atoms with Gasteiger partial charge in [-0.15, -0.1) is 0 Å². The molecule has 0 unspecified atom stereocenters. The molecule has 0 radical (unpaired) electrons. The number of carbonyl (C=O) groups is 1. The monoisotopic (exact) mass is 357 g/mol. The van der Waals surface area contributed by atoms with E-state index in [2.05, 4.69) is 32.2 Å². The molecule has 4 atom stereocenters. The minimum absolute atomic E-state index is 0.0433. The molecule has 1 saturated carbocycles. The van der Waals surface area contributed by atoms with E-state index in [4.69, 9.17) is 13.9 Å². The zero-order chi connectivity index (χ0) is 18.4. The summed E-state index contributed by atoms with van der Waals surface area (Å²) >= 11 is 0. The van der Waals surface area contributed by atoms with Crippen LogP contribution in [0.1, 0.15) is 28.7 Å². The van der Waals surface area contributed by atoms with Crippen LogP contribution in [0.3, 0.4) is 0 Å². The van der Waals surface area contributed by atoms with Gasteiger partial charge in [0.05, 0.1) is 25.4 Å². The van der Waals surface area contributed by atoms with Crippen LogP contribution in [-0.2, 0) is 20.7 Å². The first-order chi connectivity index (χ1) is 12.5. The summed E-state index contributed by atoms with van der Waals surface area (Å²) in [5, 5.41) is 4.31. The van der Waals surface area contributed by atoms with Gasteiger partial charge in [0, 0.05) is 42.5 Å². The summed E-state index contributed by atoms with van der Waals surface area (Å²) in [6, 6.07) is 2.31. The number of aryl methyl sites for hydroxylation is 3. The van der Waals surface area contributed by atoms with E-state index in [1.165, 1.54) is 5.56 Å². The first kappa shape index (κ1) is 17.6. The van der Waals surface area contributed by atoms with Crippen molar-refractivity contribution in [2.75, 3.05) is 20.3 Å². The lowest BCUT2D eigenvalue weighted by Crippen LogP contribution is -2.62. The lowest BCUT2D eigenvalue weighted by molar-refractivity contribution is -0.129. The molecule has 2 aromatic rings.